The van der Waals surface area contributed by atoms with Crippen molar-refractivity contribution in [1.29, 1.82) is 0 Å². The molecular weight excluding hydrogens is 392 g/mol. The third-order valence-corrected chi connectivity index (χ3v) is 4.97. The van der Waals surface area contributed by atoms with Gasteiger partial charge < -0.3 is 10.1 Å². The average Bonchev–Trinajstić information content (AvgIpc) is 2.68. The molecule has 1 atom stereocenters. The molecule has 1 aliphatic rings. The molecule has 0 aromatic heterocycles. The van der Waals surface area contributed by atoms with Crippen molar-refractivity contribution in [2.24, 2.45) is 0 Å². The number of carbonyl (C=O) groups excluding carboxylic acids is 1. The van der Waals surface area contributed by atoms with Gasteiger partial charge in [-0.25, -0.2) is 0 Å². The van der Waals surface area contributed by atoms with E-state index in [9.17, 15) is 4.79 Å². The molecule has 0 saturated heterocycles. The second-order valence-corrected chi connectivity index (χ2v) is 6.93. The maximum absolute atomic E-state index is 13.3. The van der Waals surface area contributed by atoms with E-state index < -0.39 is 6.04 Å². The van der Waals surface area contributed by atoms with Crippen LogP contribution in [0.2, 0.25) is 0 Å². The van der Waals surface area contributed by atoms with Crippen LogP contribution in [0.15, 0.2) is 77.3 Å². The molecule has 0 saturated carbocycles. The fourth-order valence-corrected chi connectivity index (χ4v) is 3.40. The molecule has 1 heterocycles. The molecule has 0 bridgehead atoms. The van der Waals surface area contributed by atoms with Crippen LogP contribution in [-0.4, -0.2) is 13.0 Å². The smallest absolute Gasteiger partial charge is 0.258 e. The molecule has 5 heteroatoms. The molecule has 0 radical (unpaired) electrons. The molecule has 26 heavy (non-hydrogen) atoms. The number of methoxy groups -OCH3 is 1. The van der Waals surface area contributed by atoms with E-state index in [1.165, 1.54) is 0 Å². The fourth-order valence-electron chi connectivity index (χ4n) is 3.13. The van der Waals surface area contributed by atoms with Crippen LogP contribution < -0.4 is 15.0 Å². The van der Waals surface area contributed by atoms with Crippen molar-refractivity contribution in [3.63, 3.8) is 0 Å². The van der Waals surface area contributed by atoms with Gasteiger partial charge in [-0.15, -0.1) is 0 Å². The van der Waals surface area contributed by atoms with Crippen molar-refractivity contribution in [1.82, 2.24) is 0 Å². The third-order valence-electron chi connectivity index (χ3n) is 4.45. The predicted octanol–water partition coefficient (Wildman–Crippen LogP) is 5.29. The minimum Gasteiger partial charge on any atom is -0.497 e. The lowest BCUT2D eigenvalue weighted by Gasteiger charge is -2.35. The predicted molar refractivity (Wildman–Crippen MR) is 107 cm³/mol. The molecule has 0 fully saturated rings. The average molecular weight is 409 g/mol. The summed E-state index contributed by atoms with van der Waals surface area (Å²) in [6.45, 7) is 0. The molecule has 1 unspecified atom stereocenters. The molecule has 3 aromatic rings. The van der Waals surface area contributed by atoms with Crippen molar-refractivity contribution < 1.29 is 9.53 Å². The lowest BCUT2D eigenvalue weighted by molar-refractivity contribution is -0.118. The number of para-hydroxylation sites is 2. The first-order chi connectivity index (χ1) is 12.7. The SMILES string of the molecule is COc1ccc(N2C(=O)C(c3ccc(Br)cc3)Nc3ccccc32)cc1. The minimum atomic E-state index is -0.444. The van der Waals surface area contributed by atoms with E-state index in [1.54, 1.807) is 12.0 Å². The maximum atomic E-state index is 13.3. The summed E-state index contributed by atoms with van der Waals surface area (Å²) in [5.41, 5.74) is 3.50. The van der Waals surface area contributed by atoms with E-state index in [0.717, 1.165) is 32.8 Å². The van der Waals surface area contributed by atoms with Gasteiger partial charge in [0.05, 0.1) is 18.5 Å². The number of hydrogen-bond donors (Lipinski definition) is 1. The summed E-state index contributed by atoms with van der Waals surface area (Å²) in [6, 6.07) is 22.7. The third kappa shape index (κ3) is 2.95. The van der Waals surface area contributed by atoms with Crippen molar-refractivity contribution in [3.05, 3.63) is 82.8 Å². The van der Waals surface area contributed by atoms with E-state index in [-0.39, 0.29) is 5.91 Å². The Balaban J connectivity index is 1.80. The lowest BCUT2D eigenvalue weighted by atomic mass is 10.0. The van der Waals surface area contributed by atoms with E-state index in [2.05, 4.69) is 21.2 Å². The topological polar surface area (TPSA) is 41.6 Å². The van der Waals surface area contributed by atoms with Crippen LogP contribution in [0.3, 0.4) is 0 Å². The first-order valence-electron chi connectivity index (χ1n) is 8.26. The number of ether oxygens (including phenoxy) is 1. The van der Waals surface area contributed by atoms with Gasteiger partial charge >= 0.3 is 0 Å². The van der Waals surface area contributed by atoms with Gasteiger partial charge in [0.1, 0.15) is 11.8 Å². The zero-order valence-corrected chi connectivity index (χ0v) is 15.7. The Morgan fingerprint density at radius 1 is 0.962 bits per heavy atom. The van der Waals surface area contributed by atoms with Crippen LogP contribution in [0.25, 0.3) is 0 Å². The molecule has 1 amide bonds. The summed E-state index contributed by atoms with van der Waals surface area (Å²) < 4.78 is 6.22. The van der Waals surface area contributed by atoms with Crippen LogP contribution in [0.4, 0.5) is 17.1 Å². The van der Waals surface area contributed by atoms with Gasteiger partial charge in [0, 0.05) is 10.2 Å². The largest absolute Gasteiger partial charge is 0.497 e. The van der Waals surface area contributed by atoms with Gasteiger partial charge in [-0.3, -0.25) is 9.69 Å². The van der Waals surface area contributed by atoms with Crippen molar-refractivity contribution >= 4 is 38.9 Å². The van der Waals surface area contributed by atoms with Crippen LogP contribution in [0.5, 0.6) is 5.75 Å². The molecule has 0 spiro atoms. The second kappa shape index (κ2) is 6.84. The number of fused-ring (bicyclic) bond motifs is 1. The molecule has 4 nitrogen and oxygen atoms in total. The Hall–Kier alpha value is -2.79. The summed E-state index contributed by atoms with van der Waals surface area (Å²) in [6.07, 6.45) is 0. The summed E-state index contributed by atoms with van der Waals surface area (Å²) in [5, 5.41) is 3.37. The Morgan fingerprint density at radius 2 is 1.65 bits per heavy atom. The van der Waals surface area contributed by atoms with E-state index in [1.807, 2.05) is 72.8 Å². The van der Waals surface area contributed by atoms with Crippen molar-refractivity contribution in [2.75, 3.05) is 17.3 Å². The second-order valence-electron chi connectivity index (χ2n) is 6.02. The number of anilines is 3. The van der Waals surface area contributed by atoms with E-state index in [0.29, 0.717) is 0 Å². The lowest BCUT2D eigenvalue weighted by Crippen LogP contribution is -2.39. The highest BCUT2D eigenvalue weighted by molar-refractivity contribution is 9.10. The van der Waals surface area contributed by atoms with Gasteiger partial charge in [0.2, 0.25) is 0 Å². The van der Waals surface area contributed by atoms with Gasteiger partial charge in [0.25, 0.3) is 5.91 Å². The zero-order valence-electron chi connectivity index (χ0n) is 14.1. The Kier molecular flexibility index (Phi) is 4.39. The molecule has 0 aliphatic carbocycles. The van der Waals surface area contributed by atoms with E-state index >= 15 is 0 Å². The maximum Gasteiger partial charge on any atom is 0.258 e. The minimum absolute atomic E-state index is 0.0174. The molecule has 1 aliphatic heterocycles. The molecular formula is C21H17BrN2O2. The van der Waals surface area contributed by atoms with Crippen LogP contribution in [-0.2, 0) is 4.79 Å². The molecule has 3 aromatic carbocycles. The fraction of sp³-hybridized carbons (Fsp3) is 0.0952. The zero-order chi connectivity index (χ0) is 18.1. The Morgan fingerprint density at radius 3 is 2.35 bits per heavy atom. The quantitative estimate of drug-likeness (QED) is 0.639. The monoisotopic (exact) mass is 408 g/mol. The molecule has 4 rings (SSSR count). The number of hydrogen-bond acceptors (Lipinski definition) is 3. The van der Waals surface area contributed by atoms with Crippen LogP contribution >= 0.6 is 15.9 Å². The van der Waals surface area contributed by atoms with Crippen LogP contribution in [0.1, 0.15) is 11.6 Å². The highest BCUT2D eigenvalue weighted by atomic mass is 79.9. The molecule has 1 N–H and O–H groups in total. The number of rotatable bonds is 3. The van der Waals surface area contributed by atoms with Gasteiger partial charge in [0.15, 0.2) is 0 Å². The first kappa shape index (κ1) is 16.7. The first-order valence-corrected chi connectivity index (χ1v) is 9.06. The summed E-state index contributed by atoms with van der Waals surface area (Å²) in [5.74, 6) is 0.741. The van der Waals surface area contributed by atoms with Gasteiger partial charge in [-0.05, 0) is 54.1 Å². The van der Waals surface area contributed by atoms with Gasteiger partial charge in [-0.2, -0.15) is 0 Å². The summed E-state index contributed by atoms with van der Waals surface area (Å²) in [4.78, 5) is 15.1. The van der Waals surface area contributed by atoms with Gasteiger partial charge in [-0.1, -0.05) is 40.2 Å². The highest BCUT2D eigenvalue weighted by Gasteiger charge is 2.34. The number of halogens is 1. The standard InChI is InChI=1S/C21H17BrN2O2/c1-26-17-12-10-16(11-13-17)24-19-5-3-2-4-18(19)23-20(21(24)25)14-6-8-15(22)9-7-14/h2-13,20,23H,1H3. The highest BCUT2D eigenvalue weighted by Crippen LogP contribution is 2.41. The number of amides is 1. The number of nitrogens with one attached hydrogen (secondary N) is 1. The Bertz CT molecular complexity index is 939. The normalized spacial score (nSPS) is 16.0. The molecule has 130 valence electrons. The summed E-state index contributed by atoms with van der Waals surface area (Å²) >= 11 is 3.44. The number of nitrogens with zero attached hydrogens (tertiary/aromatic N) is 1. The summed E-state index contributed by atoms with van der Waals surface area (Å²) in [7, 11) is 1.63. The van der Waals surface area contributed by atoms with E-state index in [4.69, 9.17) is 4.74 Å². The van der Waals surface area contributed by atoms with Crippen LogP contribution in [0, 0.1) is 0 Å². The van der Waals surface area contributed by atoms with Crippen molar-refractivity contribution in [3.8, 4) is 5.75 Å². The van der Waals surface area contributed by atoms with Crippen molar-refractivity contribution in [2.45, 2.75) is 6.04 Å². The number of benzene rings is 3. The number of carbonyl (C=O) groups is 1. The Labute approximate surface area is 160 Å².